The van der Waals surface area contributed by atoms with Gasteiger partial charge in [0.15, 0.2) is 0 Å². The van der Waals surface area contributed by atoms with Gasteiger partial charge in [0.05, 0.1) is 25.3 Å². The van der Waals surface area contributed by atoms with Crippen molar-refractivity contribution in [2.45, 2.75) is 45.3 Å². The van der Waals surface area contributed by atoms with Crippen LogP contribution in [-0.2, 0) is 16.0 Å². The van der Waals surface area contributed by atoms with Crippen molar-refractivity contribution in [2.24, 2.45) is 11.8 Å². The van der Waals surface area contributed by atoms with Crippen LogP contribution in [0.25, 0.3) is 0 Å². The summed E-state index contributed by atoms with van der Waals surface area (Å²) >= 11 is 1.71. The van der Waals surface area contributed by atoms with Crippen LogP contribution in [0.5, 0.6) is 5.75 Å². The third kappa shape index (κ3) is 7.74. The van der Waals surface area contributed by atoms with Gasteiger partial charge in [-0.25, -0.2) is 4.39 Å². The summed E-state index contributed by atoms with van der Waals surface area (Å²) in [5, 5.41) is 12.6. The van der Waals surface area contributed by atoms with Crippen molar-refractivity contribution in [2.75, 3.05) is 46.0 Å². The van der Waals surface area contributed by atoms with Crippen LogP contribution < -0.4 is 4.74 Å². The summed E-state index contributed by atoms with van der Waals surface area (Å²) in [7, 11) is 0. The molecule has 1 fully saturated rings. The van der Waals surface area contributed by atoms with E-state index in [1.807, 2.05) is 4.90 Å². The molecule has 0 bridgehead atoms. The van der Waals surface area contributed by atoms with E-state index in [1.54, 1.807) is 23.5 Å². The fraction of sp³-hybridized carbons (Fsp3) is 0.593. The molecule has 0 saturated heterocycles. The molecular weight excluding hydrogens is 467 g/mol. The molecule has 1 aromatic carbocycles. The van der Waals surface area contributed by atoms with Gasteiger partial charge in [0.1, 0.15) is 18.2 Å². The normalized spacial score (nSPS) is 18.7. The second-order valence-electron chi connectivity index (χ2n) is 10.1. The third-order valence-electron chi connectivity index (χ3n) is 6.44. The van der Waals surface area contributed by atoms with E-state index in [9.17, 15) is 14.3 Å². The number of hydrogen-bond acceptors (Lipinski definition) is 6. The Balaban J connectivity index is 1.40. The highest BCUT2D eigenvalue weighted by Crippen LogP contribution is 2.34. The number of carbonyl (C=O) groups is 1. The topological polar surface area (TPSA) is 62.2 Å². The predicted octanol–water partition coefficient (Wildman–Crippen LogP) is 4.14. The SMILES string of the molecule is CC(C)COCC(O)CN(CC(=O)N1CCc2sccc2C1COc1ccc(F)cc1)CC1CC1. The van der Waals surface area contributed by atoms with Crippen LogP contribution in [0.1, 0.15) is 43.2 Å². The van der Waals surface area contributed by atoms with Crippen LogP contribution >= 0.6 is 11.3 Å². The first-order chi connectivity index (χ1) is 16.9. The van der Waals surface area contributed by atoms with E-state index in [-0.39, 0.29) is 30.9 Å². The standard InChI is InChI=1S/C27H37FN2O4S/c1-19(2)16-33-17-22(31)14-29(13-20-3-4-20)15-27(32)30-11-9-26-24(10-12-35-26)25(30)18-34-23-7-5-21(28)6-8-23/h5-8,10,12,19-20,22,25,31H,3-4,9,11,13-18H2,1-2H3. The number of nitrogens with zero attached hydrogens (tertiary/aromatic N) is 2. The summed E-state index contributed by atoms with van der Waals surface area (Å²) in [6, 6.07) is 7.86. The number of hydrogen-bond donors (Lipinski definition) is 1. The molecule has 2 aromatic rings. The van der Waals surface area contributed by atoms with Gasteiger partial charge < -0.3 is 19.5 Å². The molecule has 8 heteroatoms. The van der Waals surface area contributed by atoms with E-state index in [4.69, 9.17) is 9.47 Å². The Bertz CT molecular complexity index is 947. The maximum atomic E-state index is 13.6. The van der Waals surface area contributed by atoms with E-state index in [1.165, 1.54) is 29.9 Å². The average molecular weight is 505 g/mol. The summed E-state index contributed by atoms with van der Waals surface area (Å²) in [5.74, 6) is 1.35. The van der Waals surface area contributed by atoms with Crippen molar-refractivity contribution >= 4 is 17.2 Å². The molecule has 2 unspecified atom stereocenters. The number of amides is 1. The zero-order valence-electron chi connectivity index (χ0n) is 20.7. The fourth-order valence-electron chi connectivity index (χ4n) is 4.52. The Labute approximate surface area is 211 Å². The summed E-state index contributed by atoms with van der Waals surface area (Å²) in [5.41, 5.74) is 1.13. The minimum absolute atomic E-state index is 0.0468. The van der Waals surface area contributed by atoms with Gasteiger partial charge >= 0.3 is 0 Å². The van der Waals surface area contributed by atoms with E-state index in [0.717, 1.165) is 18.5 Å². The first kappa shape index (κ1) is 26.1. The Kier molecular flexibility index (Phi) is 9.16. The lowest BCUT2D eigenvalue weighted by molar-refractivity contribution is -0.136. The molecule has 1 aromatic heterocycles. The van der Waals surface area contributed by atoms with Gasteiger partial charge in [0, 0.05) is 31.1 Å². The lowest BCUT2D eigenvalue weighted by Crippen LogP contribution is -2.48. The van der Waals surface area contributed by atoms with E-state index in [2.05, 4.69) is 30.2 Å². The van der Waals surface area contributed by atoms with Gasteiger partial charge in [0.25, 0.3) is 0 Å². The van der Waals surface area contributed by atoms with Crippen LogP contribution in [0, 0.1) is 17.7 Å². The zero-order chi connectivity index (χ0) is 24.8. The molecular formula is C27H37FN2O4S. The number of thiophene rings is 1. The number of aliphatic hydroxyl groups excluding tert-OH is 1. The second-order valence-corrected chi connectivity index (χ2v) is 11.1. The van der Waals surface area contributed by atoms with Crippen LogP contribution in [0.15, 0.2) is 35.7 Å². The molecule has 0 spiro atoms. The van der Waals surface area contributed by atoms with Crippen molar-refractivity contribution in [3.8, 4) is 5.75 Å². The van der Waals surface area contributed by atoms with Gasteiger partial charge in [-0.2, -0.15) is 0 Å². The quantitative estimate of drug-likeness (QED) is 0.444. The minimum atomic E-state index is -0.622. The molecule has 1 aliphatic heterocycles. The number of halogens is 1. The molecule has 1 amide bonds. The predicted molar refractivity (Wildman–Crippen MR) is 135 cm³/mol. The number of carbonyl (C=O) groups excluding carboxylic acids is 1. The van der Waals surface area contributed by atoms with Crippen molar-refractivity contribution in [3.05, 3.63) is 52.0 Å². The molecule has 2 atom stereocenters. The summed E-state index contributed by atoms with van der Waals surface area (Å²) in [6.07, 6.45) is 2.57. The minimum Gasteiger partial charge on any atom is -0.491 e. The van der Waals surface area contributed by atoms with Gasteiger partial charge in [0.2, 0.25) is 5.91 Å². The second kappa shape index (κ2) is 12.3. The van der Waals surface area contributed by atoms with Crippen LogP contribution in [0.3, 0.4) is 0 Å². The Morgan fingerprint density at radius 3 is 2.71 bits per heavy atom. The summed E-state index contributed by atoms with van der Waals surface area (Å²) in [4.78, 5) is 18.9. The first-order valence-electron chi connectivity index (χ1n) is 12.6. The number of fused-ring (bicyclic) bond motifs is 1. The highest BCUT2D eigenvalue weighted by atomic mass is 32.1. The Morgan fingerprint density at radius 1 is 1.23 bits per heavy atom. The van der Waals surface area contributed by atoms with Crippen molar-refractivity contribution in [1.29, 1.82) is 0 Å². The monoisotopic (exact) mass is 504 g/mol. The Morgan fingerprint density at radius 2 is 2.00 bits per heavy atom. The fourth-order valence-corrected chi connectivity index (χ4v) is 5.45. The number of aliphatic hydroxyl groups is 1. The molecule has 1 saturated carbocycles. The molecule has 2 heterocycles. The lowest BCUT2D eigenvalue weighted by Gasteiger charge is -2.37. The van der Waals surface area contributed by atoms with Crippen LogP contribution in [0.4, 0.5) is 4.39 Å². The molecule has 1 N–H and O–H groups in total. The highest BCUT2D eigenvalue weighted by molar-refractivity contribution is 7.10. The van der Waals surface area contributed by atoms with E-state index >= 15 is 0 Å². The molecule has 4 rings (SSSR count). The molecule has 6 nitrogen and oxygen atoms in total. The van der Waals surface area contributed by atoms with Crippen LogP contribution in [-0.4, -0.2) is 72.9 Å². The van der Waals surface area contributed by atoms with Gasteiger partial charge in [-0.15, -0.1) is 11.3 Å². The maximum absolute atomic E-state index is 13.6. The molecule has 1 aliphatic carbocycles. The van der Waals surface area contributed by atoms with Gasteiger partial charge in [-0.3, -0.25) is 9.69 Å². The molecule has 35 heavy (non-hydrogen) atoms. The highest BCUT2D eigenvalue weighted by Gasteiger charge is 2.34. The zero-order valence-corrected chi connectivity index (χ0v) is 21.5. The number of rotatable bonds is 13. The third-order valence-corrected chi connectivity index (χ3v) is 7.44. The smallest absolute Gasteiger partial charge is 0.237 e. The van der Waals surface area contributed by atoms with Crippen molar-refractivity contribution in [1.82, 2.24) is 9.80 Å². The summed E-state index contributed by atoms with van der Waals surface area (Å²) < 4.78 is 24.9. The molecule has 2 aliphatic rings. The maximum Gasteiger partial charge on any atom is 0.237 e. The average Bonchev–Trinajstić information content (AvgIpc) is 3.49. The molecule has 192 valence electrons. The Hall–Kier alpha value is -2.00. The van der Waals surface area contributed by atoms with E-state index < -0.39 is 6.10 Å². The first-order valence-corrected chi connectivity index (χ1v) is 13.5. The number of benzene rings is 1. The summed E-state index contributed by atoms with van der Waals surface area (Å²) in [6.45, 7) is 7.53. The van der Waals surface area contributed by atoms with Crippen molar-refractivity contribution in [3.63, 3.8) is 0 Å². The van der Waals surface area contributed by atoms with Crippen LogP contribution in [0.2, 0.25) is 0 Å². The van der Waals surface area contributed by atoms with Crippen molar-refractivity contribution < 1.29 is 23.8 Å². The molecule has 0 radical (unpaired) electrons. The number of ether oxygens (including phenoxy) is 2. The lowest BCUT2D eigenvalue weighted by atomic mass is 10.0. The largest absolute Gasteiger partial charge is 0.491 e. The van der Waals surface area contributed by atoms with Gasteiger partial charge in [-0.05, 0) is 72.4 Å². The van der Waals surface area contributed by atoms with E-state index in [0.29, 0.717) is 43.9 Å². The van der Waals surface area contributed by atoms with Gasteiger partial charge in [-0.1, -0.05) is 13.8 Å².